The Labute approximate surface area is 109 Å². The van der Waals surface area contributed by atoms with Gasteiger partial charge in [0.2, 0.25) is 10.0 Å². The summed E-state index contributed by atoms with van der Waals surface area (Å²) < 4.78 is 65.1. The first-order valence-electron chi connectivity index (χ1n) is 5.39. The smallest absolute Gasteiger partial charge is 0.244 e. The predicted octanol–water partition coefficient (Wildman–Crippen LogP) is 1.54. The molecule has 1 aromatic carbocycles. The fourth-order valence-corrected chi connectivity index (χ4v) is 2.98. The lowest BCUT2D eigenvalue weighted by Crippen LogP contribution is -2.44. The average molecular weight is 297 g/mol. The molecule has 0 radical (unpaired) electrons. The van der Waals surface area contributed by atoms with Crippen molar-refractivity contribution in [3.63, 3.8) is 0 Å². The van der Waals surface area contributed by atoms with Crippen LogP contribution < -0.4 is 4.72 Å². The van der Waals surface area contributed by atoms with E-state index in [2.05, 4.69) is 4.72 Å². The minimum absolute atomic E-state index is 0.0809. The maximum Gasteiger partial charge on any atom is 0.244 e. The number of benzene rings is 1. The molecular weight excluding hydrogens is 283 g/mol. The molecule has 0 aliphatic carbocycles. The van der Waals surface area contributed by atoms with E-state index in [-0.39, 0.29) is 13.0 Å². The molecule has 0 atom stereocenters. The molecule has 0 bridgehead atoms. The molecule has 0 aliphatic heterocycles. The topological polar surface area (TPSA) is 66.4 Å². The summed E-state index contributed by atoms with van der Waals surface area (Å²) >= 11 is 0. The van der Waals surface area contributed by atoms with Crippen molar-refractivity contribution in [1.82, 2.24) is 4.72 Å². The quantitative estimate of drug-likeness (QED) is 0.810. The third-order valence-corrected chi connectivity index (χ3v) is 4.15. The maximum atomic E-state index is 13.4. The van der Waals surface area contributed by atoms with Crippen molar-refractivity contribution in [3.8, 4) is 0 Å². The first-order chi connectivity index (χ1) is 8.60. The predicted molar refractivity (Wildman–Crippen MR) is 62.4 cm³/mol. The molecule has 2 N–H and O–H groups in total. The number of sulfonamides is 1. The molecule has 8 heteroatoms. The molecule has 0 spiro atoms. The van der Waals surface area contributed by atoms with Crippen molar-refractivity contribution in [2.45, 2.75) is 30.7 Å². The second-order valence-electron chi connectivity index (χ2n) is 4.64. The number of halogens is 3. The van der Waals surface area contributed by atoms with Gasteiger partial charge in [-0.2, -0.15) is 0 Å². The third-order valence-electron chi connectivity index (χ3n) is 2.44. The van der Waals surface area contributed by atoms with Gasteiger partial charge in [0, 0.05) is 12.1 Å². The Bertz CT molecular complexity index is 573. The normalized spacial score (nSPS) is 12.7. The highest BCUT2D eigenvalue weighted by Gasteiger charge is 2.29. The Balaban J connectivity index is 3.19. The SMILES string of the molecule is CC(C)(CCO)NS(=O)(=O)c1ccc(F)c(F)c1F. The average Bonchev–Trinajstić information content (AvgIpc) is 2.23. The number of hydrogen-bond acceptors (Lipinski definition) is 3. The Morgan fingerprint density at radius 2 is 1.79 bits per heavy atom. The van der Waals surface area contributed by atoms with Gasteiger partial charge in [0.15, 0.2) is 17.5 Å². The van der Waals surface area contributed by atoms with E-state index in [9.17, 15) is 21.6 Å². The van der Waals surface area contributed by atoms with Crippen molar-refractivity contribution < 1.29 is 26.7 Å². The van der Waals surface area contributed by atoms with Crippen LogP contribution in [0.5, 0.6) is 0 Å². The van der Waals surface area contributed by atoms with Gasteiger partial charge in [0.05, 0.1) is 0 Å². The van der Waals surface area contributed by atoms with Gasteiger partial charge in [-0.25, -0.2) is 26.3 Å². The van der Waals surface area contributed by atoms with E-state index in [4.69, 9.17) is 5.11 Å². The van der Waals surface area contributed by atoms with Crippen LogP contribution in [0.1, 0.15) is 20.3 Å². The van der Waals surface area contributed by atoms with Crippen LogP contribution in [0.15, 0.2) is 17.0 Å². The summed E-state index contributed by atoms with van der Waals surface area (Å²) in [7, 11) is -4.35. The van der Waals surface area contributed by atoms with Crippen LogP contribution in [-0.4, -0.2) is 25.7 Å². The fourth-order valence-electron chi connectivity index (χ4n) is 1.46. The van der Waals surface area contributed by atoms with Crippen LogP contribution >= 0.6 is 0 Å². The lowest BCUT2D eigenvalue weighted by atomic mass is 10.0. The Morgan fingerprint density at radius 3 is 2.32 bits per heavy atom. The lowest BCUT2D eigenvalue weighted by Gasteiger charge is -2.25. The fraction of sp³-hybridized carbons (Fsp3) is 0.455. The van der Waals surface area contributed by atoms with Crippen molar-refractivity contribution in [3.05, 3.63) is 29.6 Å². The molecule has 0 heterocycles. The van der Waals surface area contributed by atoms with Gasteiger partial charge in [-0.15, -0.1) is 0 Å². The summed E-state index contributed by atoms with van der Waals surface area (Å²) in [5.74, 6) is -5.08. The summed E-state index contributed by atoms with van der Waals surface area (Å²) in [5, 5.41) is 8.79. The van der Waals surface area contributed by atoms with Gasteiger partial charge in [0.25, 0.3) is 0 Å². The maximum absolute atomic E-state index is 13.4. The van der Waals surface area contributed by atoms with E-state index in [0.717, 1.165) is 0 Å². The highest BCUT2D eigenvalue weighted by Crippen LogP contribution is 2.21. The monoisotopic (exact) mass is 297 g/mol. The number of hydrogen-bond donors (Lipinski definition) is 2. The molecule has 19 heavy (non-hydrogen) atoms. The standard InChI is InChI=1S/C11H14F3NO3S/c1-11(2,5-6-16)15-19(17,18)8-4-3-7(12)9(13)10(8)14/h3-4,15-16H,5-6H2,1-2H3. The number of nitrogens with one attached hydrogen (secondary N) is 1. The summed E-state index contributed by atoms with van der Waals surface area (Å²) in [4.78, 5) is -0.975. The van der Waals surface area contributed by atoms with E-state index < -0.39 is 37.9 Å². The number of aliphatic hydroxyl groups is 1. The van der Waals surface area contributed by atoms with E-state index in [0.29, 0.717) is 12.1 Å². The summed E-state index contributed by atoms with van der Waals surface area (Å²) in [6.45, 7) is 2.66. The Morgan fingerprint density at radius 1 is 1.21 bits per heavy atom. The lowest BCUT2D eigenvalue weighted by molar-refractivity contribution is 0.245. The largest absolute Gasteiger partial charge is 0.396 e. The van der Waals surface area contributed by atoms with Gasteiger partial charge in [-0.3, -0.25) is 0 Å². The molecule has 4 nitrogen and oxygen atoms in total. The molecule has 0 aromatic heterocycles. The van der Waals surface area contributed by atoms with Gasteiger partial charge in [0.1, 0.15) is 4.90 Å². The van der Waals surface area contributed by atoms with Gasteiger partial charge < -0.3 is 5.11 Å². The first-order valence-corrected chi connectivity index (χ1v) is 6.87. The second kappa shape index (κ2) is 5.48. The molecule has 1 rings (SSSR count). The van der Waals surface area contributed by atoms with E-state index in [1.807, 2.05) is 0 Å². The molecule has 0 saturated carbocycles. The van der Waals surface area contributed by atoms with Gasteiger partial charge in [-0.1, -0.05) is 0 Å². The van der Waals surface area contributed by atoms with Crippen LogP contribution in [0.4, 0.5) is 13.2 Å². The molecule has 108 valence electrons. The highest BCUT2D eigenvalue weighted by molar-refractivity contribution is 7.89. The summed E-state index contributed by atoms with van der Waals surface area (Å²) in [6, 6.07) is 1.18. The molecular formula is C11H14F3NO3S. The van der Waals surface area contributed by atoms with Crippen molar-refractivity contribution >= 4 is 10.0 Å². The summed E-state index contributed by atoms with van der Waals surface area (Å²) in [5.41, 5.74) is -1.05. The second-order valence-corrected chi connectivity index (χ2v) is 6.29. The minimum Gasteiger partial charge on any atom is -0.396 e. The van der Waals surface area contributed by atoms with Crippen LogP contribution in [0.25, 0.3) is 0 Å². The highest BCUT2D eigenvalue weighted by atomic mass is 32.2. The van der Waals surface area contributed by atoms with Crippen LogP contribution in [0, 0.1) is 17.5 Å². The minimum atomic E-state index is -4.35. The van der Waals surface area contributed by atoms with Crippen molar-refractivity contribution in [2.75, 3.05) is 6.61 Å². The number of aliphatic hydroxyl groups excluding tert-OH is 1. The Hall–Kier alpha value is -1.12. The zero-order valence-electron chi connectivity index (χ0n) is 10.4. The van der Waals surface area contributed by atoms with E-state index in [1.165, 1.54) is 13.8 Å². The molecule has 0 amide bonds. The van der Waals surface area contributed by atoms with Crippen molar-refractivity contribution in [2.24, 2.45) is 0 Å². The molecule has 0 aliphatic rings. The van der Waals surface area contributed by atoms with Crippen LogP contribution in [-0.2, 0) is 10.0 Å². The zero-order chi connectivity index (χ0) is 14.8. The van der Waals surface area contributed by atoms with E-state index >= 15 is 0 Å². The molecule has 0 saturated heterocycles. The van der Waals surface area contributed by atoms with Gasteiger partial charge in [-0.05, 0) is 32.4 Å². The zero-order valence-corrected chi connectivity index (χ0v) is 11.2. The molecule has 1 aromatic rings. The van der Waals surface area contributed by atoms with E-state index in [1.54, 1.807) is 0 Å². The Kier molecular flexibility index (Phi) is 4.59. The molecule has 0 fully saturated rings. The number of rotatable bonds is 5. The van der Waals surface area contributed by atoms with Crippen molar-refractivity contribution in [1.29, 1.82) is 0 Å². The first kappa shape index (κ1) is 15.9. The van der Waals surface area contributed by atoms with Crippen LogP contribution in [0.3, 0.4) is 0 Å². The summed E-state index contributed by atoms with van der Waals surface area (Å²) in [6.07, 6.45) is 0.0809. The van der Waals surface area contributed by atoms with Crippen LogP contribution in [0.2, 0.25) is 0 Å². The third kappa shape index (κ3) is 3.68. The van der Waals surface area contributed by atoms with Gasteiger partial charge >= 0.3 is 0 Å². The molecule has 0 unspecified atom stereocenters.